The smallest absolute Gasteiger partial charge is 0.335 e. The van der Waals surface area contributed by atoms with Crippen molar-refractivity contribution in [1.82, 2.24) is 4.98 Å². The van der Waals surface area contributed by atoms with Gasteiger partial charge < -0.3 is 9.59 Å². The molecule has 0 unspecified atom stereocenters. The fourth-order valence-corrected chi connectivity index (χ4v) is 3.14. The van der Waals surface area contributed by atoms with Gasteiger partial charge >= 0.3 is 5.97 Å². The van der Waals surface area contributed by atoms with Gasteiger partial charge in [0.05, 0.1) is 31.7 Å². The van der Waals surface area contributed by atoms with Crippen LogP contribution in [0.4, 0.5) is 0 Å². The zero-order valence-electron chi connectivity index (χ0n) is 17.5. The van der Waals surface area contributed by atoms with E-state index in [0.717, 1.165) is 0 Å². The Hall–Kier alpha value is -1.42. The molecule has 0 aliphatic rings. The van der Waals surface area contributed by atoms with Gasteiger partial charge in [0.15, 0.2) is 0 Å². The second-order valence-electron chi connectivity index (χ2n) is 7.19. The maximum atomic E-state index is 10.2. The summed E-state index contributed by atoms with van der Waals surface area (Å²) in [4.78, 5) is 13.8. The Labute approximate surface area is 161 Å². The van der Waals surface area contributed by atoms with Crippen LogP contribution in [0.25, 0.3) is 0 Å². The van der Waals surface area contributed by atoms with Gasteiger partial charge in [-0.1, -0.05) is 53.4 Å². The van der Waals surface area contributed by atoms with Crippen LogP contribution >= 0.6 is 0 Å². The van der Waals surface area contributed by atoms with Crippen molar-refractivity contribution in [2.75, 3.05) is 26.2 Å². The van der Waals surface area contributed by atoms with Crippen molar-refractivity contribution in [2.24, 2.45) is 0 Å². The number of aromatic carboxylic acids is 1. The van der Waals surface area contributed by atoms with Crippen LogP contribution in [-0.2, 0) is 0 Å². The summed E-state index contributed by atoms with van der Waals surface area (Å²) in [5, 5.41) is 8.36. The van der Waals surface area contributed by atoms with E-state index in [9.17, 15) is 4.79 Å². The highest BCUT2D eigenvalue weighted by Gasteiger charge is 2.24. The van der Waals surface area contributed by atoms with Crippen LogP contribution in [-0.4, -0.2) is 46.7 Å². The second-order valence-corrected chi connectivity index (χ2v) is 7.19. The molecule has 1 heterocycles. The fourth-order valence-electron chi connectivity index (χ4n) is 3.14. The van der Waals surface area contributed by atoms with Crippen molar-refractivity contribution in [3.8, 4) is 0 Å². The number of aromatic nitrogens is 1. The molecule has 1 N–H and O–H groups in total. The van der Waals surface area contributed by atoms with E-state index < -0.39 is 5.97 Å². The first-order valence-corrected chi connectivity index (χ1v) is 10.5. The molecule has 4 heteroatoms. The highest BCUT2D eigenvalue weighted by molar-refractivity contribution is 5.87. The molecule has 0 atom stereocenters. The van der Waals surface area contributed by atoms with E-state index in [4.69, 9.17) is 5.11 Å². The van der Waals surface area contributed by atoms with Gasteiger partial charge in [-0.15, -0.1) is 0 Å². The largest absolute Gasteiger partial charge is 0.478 e. The first-order valence-electron chi connectivity index (χ1n) is 10.5. The third-order valence-electron chi connectivity index (χ3n) is 4.87. The number of nitrogens with zero attached hydrogens (tertiary/aromatic N) is 2. The molecule has 0 aliphatic heterocycles. The first-order chi connectivity index (χ1) is 12.5. The second kappa shape index (κ2) is 15.8. The zero-order valence-corrected chi connectivity index (χ0v) is 17.5. The molecular weight excluding hydrogens is 324 g/mol. The maximum Gasteiger partial charge on any atom is 0.335 e. The molecule has 4 nitrogen and oxygen atoms in total. The van der Waals surface area contributed by atoms with E-state index >= 15 is 0 Å². The molecule has 1 rings (SSSR count). The van der Waals surface area contributed by atoms with Gasteiger partial charge in [0.2, 0.25) is 0 Å². The number of rotatable bonds is 13. The average molecular weight is 366 g/mol. The summed E-state index contributed by atoms with van der Waals surface area (Å²) >= 11 is 0. The number of pyridine rings is 1. The summed E-state index contributed by atoms with van der Waals surface area (Å²) in [5.74, 6) is -0.919. The topological polar surface area (TPSA) is 50.2 Å². The molecule has 150 valence electrons. The SMILES string of the molecule is CCCC[N+](CCCC)(CCCC)CCCC.O=C(O)c1ccncc1. The van der Waals surface area contributed by atoms with E-state index in [-0.39, 0.29) is 5.56 Å². The Morgan fingerprint density at radius 2 is 1.15 bits per heavy atom. The lowest BCUT2D eigenvalue weighted by molar-refractivity contribution is -0.929. The minimum absolute atomic E-state index is 0.269. The van der Waals surface area contributed by atoms with Crippen LogP contribution in [0.5, 0.6) is 0 Å². The molecule has 1 aromatic heterocycles. The van der Waals surface area contributed by atoms with Gasteiger partial charge in [-0.3, -0.25) is 4.98 Å². The van der Waals surface area contributed by atoms with E-state index in [1.54, 1.807) is 0 Å². The van der Waals surface area contributed by atoms with Crippen LogP contribution in [0.1, 0.15) is 89.4 Å². The molecule has 0 spiro atoms. The predicted molar refractivity (Wildman–Crippen MR) is 111 cm³/mol. The van der Waals surface area contributed by atoms with Gasteiger partial charge in [-0.05, 0) is 37.8 Å². The Morgan fingerprint density at radius 3 is 1.38 bits per heavy atom. The summed E-state index contributed by atoms with van der Waals surface area (Å²) in [6.45, 7) is 15.0. The third kappa shape index (κ3) is 11.2. The van der Waals surface area contributed by atoms with Crippen molar-refractivity contribution in [1.29, 1.82) is 0 Å². The summed E-state index contributed by atoms with van der Waals surface area (Å²) < 4.78 is 1.42. The molecule has 0 saturated heterocycles. The van der Waals surface area contributed by atoms with Gasteiger partial charge in [0, 0.05) is 12.4 Å². The molecule has 0 aliphatic carbocycles. The monoisotopic (exact) mass is 365 g/mol. The van der Waals surface area contributed by atoms with E-state index in [0.29, 0.717) is 0 Å². The third-order valence-corrected chi connectivity index (χ3v) is 4.87. The first kappa shape index (κ1) is 24.6. The van der Waals surface area contributed by atoms with Crippen molar-refractivity contribution in [3.05, 3.63) is 30.1 Å². The van der Waals surface area contributed by atoms with Gasteiger partial charge in [-0.2, -0.15) is 0 Å². The summed E-state index contributed by atoms with van der Waals surface area (Å²) in [6, 6.07) is 2.89. The van der Waals surface area contributed by atoms with E-state index in [1.165, 1.54) is 107 Å². The lowest BCUT2D eigenvalue weighted by atomic mass is 10.1. The van der Waals surface area contributed by atoms with Gasteiger partial charge in [0.25, 0.3) is 0 Å². The Bertz CT molecular complexity index is 411. The van der Waals surface area contributed by atoms with E-state index in [2.05, 4.69) is 32.7 Å². The van der Waals surface area contributed by atoms with Crippen molar-refractivity contribution >= 4 is 5.97 Å². The molecule has 0 saturated carbocycles. The van der Waals surface area contributed by atoms with Crippen LogP contribution in [0.15, 0.2) is 24.5 Å². The van der Waals surface area contributed by atoms with Crippen LogP contribution in [0, 0.1) is 0 Å². The molecule has 0 amide bonds. The molecule has 1 aromatic rings. The molecule has 26 heavy (non-hydrogen) atoms. The summed E-state index contributed by atoms with van der Waals surface area (Å²) in [7, 11) is 0. The van der Waals surface area contributed by atoms with Crippen LogP contribution in [0.3, 0.4) is 0 Å². The number of hydrogen-bond acceptors (Lipinski definition) is 2. The Balaban J connectivity index is 0.000000577. The normalized spacial score (nSPS) is 10.9. The molecule has 0 aromatic carbocycles. The van der Waals surface area contributed by atoms with Crippen LogP contribution in [0.2, 0.25) is 0 Å². The predicted octanol–water partition coefficient (Wildman–Crippen LogP) is 5.78. The number of unbranched alkanes of at least 4 members (excludes halogenated alkanes) is 4. The lowest BCUT2D eigenvalue weighted by Crippen LogP contribution is -2.50. The molecular formula is C22H41N2O2+. The molecule has 0 fully saturated rings. The Kier molecular flexibility index (Phi) is 14.9. The zero-order chi connectivity index (χ0) is 19.7. The average Bonchev–Trinajstić information content (AvgIpc) is 2.68. The number of hydrogen-bond donors (Lipinski definition) is 1. The quantitative estimate of drug-likeness (QED) is 0.451. The lowest BCUT2D eigenvalue weighted by Gasteiger charge is -2.39. The molecule has 0 radical (unpaired) electrons. The highest BCUT2D eigenvalue weighted by Crippen LogP contribution is 2.16. The number of carbonyl (C=O) groups is 1. The van der Waals surface area contributed by atoms with Gasteiger partial charge in [-0.25, -0.2) is 4.79 Å². The highest BCUT2D eigenvalue weighted by atomic mass is 16.4. The molecule has 0 bridgehead atoms. The summed E-state index contributed by atoms with van der Waals surface area (Å²) in [5.41, 5.74) is 0.269. The van der Waals surface area contributed by atoms with Crippen molar-refractivity contribution in [2.45, 2.75) is 79.1 Å². The minimum Gasteiger partial charge on any atom is -0.478 e. The van der Waals surface area contributed by atoms with Crippen molar-refractivity contribution in [3.63, 3.8) is 0 Å². The Morgan fingerprint density at radius 1 is 0.808 bits per heavy atom. The number of quaternary nitrogens is 1. The van der Waals surface area contributed by atoms with Crippen LogP contribution < -0.4 is 0 Å². The van der Waals surface area contributed by atoms with Crippen molar-refractivity contribution < 1.29 is 14.4 Å². The maximum absolute atomic E-state index is 10.2. The minimum atomic E-state index is -0.919. The fraction of sp³-hybridized carbons (Fsp3) is 0.727. The number of carboxylic acid groups (broad SMARTS) is 1. The van der Waals surface area contributed by atoms with Gasteiger partial charge in [0.1, 0.15) is 0 Å². The standard InChI is InChI=1S/C16H36N.C6H5NO2/c1-5-9-13-17(14-10-6-2,15-11-7-3)16-12-8-4;8-6(9)5-1-3-7-4-2-5/h5-16H2,1-4H3;1-4H,(H,8,9)/q+1;. The van der Waals surface area contributed by atoms with E-state index in [1.807, 2.05) is 0 Å². The number of carboxylic acids is 1. The summed E-state index contributed by atoms with van der Waals surface area (Å²) in [6.07, 6.45) is 14.0.